The van der Waals surface area contributed by atoms with Crippen LogP contribution in [-0.4, -0.2) is 22.3 Å². The van der Waals surface area contributed by atoms with Gasteiger partial charge in [-0.1, -0.05) is 17.7 Å². The van der Waals surface area contributed by atoms with Crippen LogP contribution in [0.4, 0.5) is 5.69 Å². The maximum atomic E-state index is 12.5. The molecule has 1 aromatic heterocycles. The molecule has 2 heterocycles. The van der Waals surface area contributed by atoms with Crippen LogP contribution in [0, 0.1) is 0 Å². The molecule has 0 saturated carbocycles. The predicted octanol–water partition coefficient (Wildman–Crippen LogP) is 4.52. The standard InChI is InChI=1S/C20H18ClN3O3S/c1-24-9-8-22-20(24)28-18-6-4-14(21)11-15(18)23-19(25)7-3-13-2-5-16-17(10-13)27-12-26-16/h2,4-6,8-11H,3,7,12H2,1H3,(H,23,25). The van der Waals surface area contributed by atoms with E-state index in [0.29, 0.717) is 23.6 Å². The Kier molecular flexibility index (Phi) is 5.45. The van der Waals surface area contributed by atoms with Crippen molar-refractivity contribution >= 4 is 35.0 Å². The molecule has 28 heavy (non-hydrogen) atoms. The number of amides is 1. The van der Waals surface area contributed by atoms with Crippen molar-refractivity contribution in [2.75, 3.05) is 12.1 Å². The minimum Gasteiger partial charge on any atom is -0.454 e. The number of carbonyl (C=O) groups excluding carboxylic acids is 1. The summed E-state index contributed by atoms with van der Waals surface area (Å²) in [4.78, 5) is 17.7. The van der Waals surface area contributed by atoms with Gasteiger partial charge in [0.15, 0.2) is 16.7 Å². The summed E-state index contributed by atoms with van der Waals surface area (Å²) in [5, 5.41) is 4.37. The number of anilines is 1. The summed E-state index contributed by atoms with van der Waals surface area (Å²) in [5.74, 6) is 1.38. The molecular weight excluding hydrogens is 398 g/mol. The highest BCUT2D eigenvalue weighted by atomic mass is 35.5. The van der Waals surface area contributed by atoms with Gasteiger partial charge in [-0.2, -0.15) is 0 Å². The normalized spacial score (nSPS) is 12.2. The van der Waals surface area contributed by atoms with Crippen LogP contribution < -0.4 is 14.8 Å². The molecular formula is C20H18ClN3O3S. The predicted molar refractivity (Wildman–Crippen MR) is 108 cm³/mol. The summed E-state index contributed by atoms with van der Waals surface area (Å²) in [6.07, 6.45) is 4.56. The number of carbonyl (C=O) groups is 1. The Labute approximate surface area is 171 Å². The number of imidazole rings is 1. The Balaban J connectivity index is 1.42. The van der Waals surface area contributed by atoms with Crippen LogP contribution >= 0.6 is 23.4 Å². The topological polar surface area (TPSA) is 65.4 Å². The summed E-state index contributed by atoms with van der Waals surface area (Å²) in [5.41, 5.74) is 1.70. The molecule has 0 atom stereocenters. The molecule has 8 heteroatoms. The van der Waals surface area contributed by atoms with E-state index in [1.807, 2.05) is 42.1 Å². The van der Waals surface area contributed by atoms with Crippen molar-refractivity contribution in [3.8, 4) is 11.5 Å². The van der Waals surface area contributed by atoms with E-state index in [4.69, 9.17) is 21.1 Å². The molecule has 0 aliphatic carbocycles. The van der Waals surface area contributed by atoms with Crippen molar-refractivity contribution in [2.45, 2.75) is 22.9 Å². The van der Waals surface area contributed by atoms with Gasteiger partial charge in [-0.15, -0.1) is 0 Å². The summed E-state index contributed by atoms with van der Waals surface area (Å²) >= 11 is 7.61. The van der Waals surface area contributed by atoms with Crippen molar-refractivity contribution in [2.24, 2.45) is 7.05 Å². The average Bonchev–Trinajstić information content (AvgIpc) is 3.30. The molecule has 1 N–H and O–H groups in total. The van der Waals surface area contributed by atoms with E-state index in [1.165, 1.54) is 11.8 Å². The molecule has 144 valence electrons. The minimum atomic E-state index is -0.0818. The van der Waals surface area contributed by atoms with Crippen molar-refractivity contribution in [3.63, 3.8) is 0 Å². The number of aromatic nitrogens is 2. The lowest BCUT2D eigenvalue weighted by molar-refractivity contribution is -0.116. The van der Waals surface area contributed by atoms with Crippen LogP contribution in [0.3, 0.4) is 0 Å². The second-order valence-electron chi connectivity index (χ2n) is 6.30. The molecule has 0 bridgehead atoms. The van der Waals surface area contributed by atoms with Crippen LogP contribution in [0.15, 0.2) is 58.8 Å². The van der Waals surface area contributed by atoms with E-state index in [2.05, 4.69) is 10.3 Å². The number of nitrogens with one attached hydrogen (secondary N) is 1. The number of nitrogens with zero attached hydrogens (tertiary/aromatic N) is 2. The van der Waals surface area contributed by atoms with Gasteiger partial charge in [-0.25, -0.2) is 4.98 Å². The number of ether oxygens (including phenoxy) is 2. The maximum Gasteiger partial charge on any atom is 0.231 e. The Hall–Kier alpha value is -2.64. The third-order valence-electron chi connectivity index (χ3n) is 4.27. The molecule has 1 aliphatic rings. The molecule has 0 spiro atoms. The van der Waals surface area contributed by atoms with Crippen molar-refractivity contribution < 1.29 is 14.3 Å². The zero-order chi connectivity index (χ0) is 19.5. The average molecular weight is 416 g/mol. The zero-order valence-electron chi connectivity index (χ0n) is 15.1. The van der Waals surface area contributed by atoms with Gasteiger partial charge in [-0.3, -0.25) is 4.79 Å². The summed E-state index contributed by atoms with van der Waals surface area (Å²) in [6, 6.07) is 11.2. The molecule has 4 rings (SSSR count). The summed E-state index contributed by atoms with van der Waals surface area (Å²) in [6.45, 7) is 0.241. The Morgan fingerprint density at radius 1 is 1.25 bits per heavy atom. The first-order chi connectivity index (χ1) is 13.6. The van der Waals surface area contributed by atoms with Gasteiger partial charge in [-0.05, 0) is 54.1 Å². The van der Waals surface area contributed by atoms with Crippen LogP contribution in [-0.2, 0) is 18.3 Å². The largest absolute Gasteiger partial charge is 0.454 e. The molecule has 0 unspecified atom stereocenters. The van der Waals surface area contributed by atoms with E-state index >= 15 is 0 Å². The molecule has 1 amide bonds. The second kappa shape index (κ2) is 8.16. The number of hydrogen-bond acceptors (Lipinski definition) is 5. The molecule has 2 aromatic carbocycles. The molecule has 0 radical (unpaired) electrons. The quantitative estimate of drug-likeness (QED) is 0.641. The van der Waals surface area contributed by atoms with Gasteiger partial charge in [0.2, 0.25) is 12.7 Å². The fourth-order valence-electron chi connectivity index (χ4n) is 2.80. The van der Waals surface area contributed by atoms with Crippen LogP contribution in [0.2, 0.25) is 5.02 Å². The molecule has 1 aliphatic heterocycles. The molecule has 6 nitrogen and oxygen atoms in total. The van der Waals surface area contributed by atoms with Crippen molar-refractivity contribution in [1.82, 2.24) is 9.55 Å². The number of aryl methyl sites for hydroxylation is 2. The van der Waals surface area contributed by atoms with Gasteiger partial charge >= 0.3 is 0 Å². The van der Waals surface area contributed by atoms with E-state index in [1.54, 1.807) is 18.3 Å². The first-order valence-electron chi connectivity index (χ1n) is 8.71. The van der Waals surface area contributed by atoms with E-state index < -0.39 is 0 Å². The third kappa shape index (κ3) is 4.26. The molecule has 3 aromatic rings. The first kappa shape index (κ1) is 18.7. The van der Waals surface area contributed by atoms with Gasteiger partial charge in [0.25, 0.3) is 0 Å². The van der Waals surface area contributed by atoms with Crippen LogP contribution in [0.1, 0.15) is 12.0 Å². The van der Waals surface area contributed by atoms with Gasteiger partial charge in [0, 0.05) is 35.8 Å². The van der Waals surface area contributed by atoms with E-state index in [0.717, 1.165) is 27.1 Å². The smallest absolute Gasteiger partial charge is 0.231 e. The lowest BCUT2D eigenvalue weighted by atomic mass is 10.1. The number of fused-ring (bicyclic) bond motifs is 1. The number of hydrogen-bond donors (Lipinski definition) is 1. The second-order valence-corrected chi connectivity index (χ2v) is 7.74. The highest BCUT2D eigenvalue weighted by Gasteiger charge is 2.15. The maximum absolute atomic E-state index is 12.5. The van der Waals surface area contributed by atoms with E-state index in [-0.39, 0.29) is 12.7 Å². The Morgan fingerprint density at radius 2 is 2.11 bits per heavy atom. The monoisotopic (exact) mass is 415 g/mol. The molecule has 0 saturated heterocycles. The Morgan fingerprint density at radius 3 is 2.93 bits per heavy atom. The number of halogens is 1. The number of rotatable bonds is 6. The number of benzene rings is 2. The van der Waals surface area contributed by atoms with Gasteiger partial charge < -0.3 is 19.4 Å². The Bertz CT molecular complexity index is 1020. The highest BCUT2D eigenvalue weighted by Crippen LogP contribution is 2.35. The van der Waals surface area contributed by atoms with Crippen molar-refractivity contribution in [1.29, 1.82) is 0 Å². The highest BCUT2D eigenvalue weighted by molar-refractivity contribution is 7.99. The third-order valence-corrected chi connectivity index (χ3v) is 5.66. The lowest BCUT2D eigenvalue weighted by Crippen LogP contribution is -2.13. The van der Waals surface area contributed by atoms with Crippen molar-refractivity contribution in [3.05, 3.63) is 59.4 Å². The van der Waals surface area contributed by atoms with Gasteiger partial charge in [0.1, 0.15) is 0 Å². The fourth-order valence-corrected chi connectivity index (χ4v) is 3.85. The van der Waals surface area contributed by atoms with E-state index in [9.17, 15) is 4.79 Å². The zero-order valence-corrected chi connectivity index (χ0v) is 16.7. The summed E-state index contributed by atoms with van der Waals surface area (Å²) < 4.78 is 12.6. The minimum absolute atomic E-state index is 0.0818. The first-order valence-corrected chi connectivity index (χ1v) is 9.91. The van der Waals surface area contributed by atoms with Crippen LogP contribution in [0.5, 0.6) is 11.5 Å². The van der Waals surface area contributed by atoms with Gasteiger partial charge in [0.05, 0.1) is 5.69 Å². The summed E-state index contributed by atoms with van der Waals surface area (Å²) in [7, 11) is 1.93. The SMILES string of the molecule is Cn1ccnc1Sc1ccc(Cl)cc1NC(=O)CCc1ccc2c(c1)OCO2. The molecule has 0 fully saturated rings. The fraction of sp³-hybridized carbons (Fsp3) is 0.200. The van der Waals surface area contributed by atoms with Crippen LogP contribution in [0.25, 0.3) is 0 Å². The lowest BCUT2D eigenvalue weighted by Gasteiger charge is -2.11.